The van der Waals surface area contributed by atoms with Crippen LogP contribution in [0, 0.1) is 0 Å². The second-order valence-corrected chi connectivity index (χ2v) is 13.3. The number of fused-ring (bicyclic) bond motifs is 9. The summed E-state index contributed by atoms with van der Waals surface area (Å²) in [6.07, 6.45) is 6.32. The van der Waals surface area contributed by atoms with Crippen LogP contribution in [0.3, 0.4) is 0 Å². The molecule has 0 atom stereocenters. The minimum absolute atomic E-state index is 1.16. The van der Waals surface area contributed by atoms with Crippen molar-refractivity contribution in [3.8, 4) is 22.5 Å². The monoisotopic (exact) mass is 650 g/mol. The molecule has 0 radical (unpaired) electrons. The molecule has 0 aliphatic rings. The van der Waals surface area contributed by atoms with Crippen LogP contribution in [0.25, 0.3) is 99.8 Å². The zero-order valence-electron chi connectivity index (χ0n) is 28.3. The number of benzene rings is 8. The molecular weight excluding hydrogens is 617 g/mol. The van der Waals surface area contributed by atoms with Gasteiger partial charge in [0, 0.05) is 32.9 Å². The van der Waals surface area contributed by atoms with Crippen molar-refractivity contribution in [2.45, 2.75) is 6.92 Å². The molecule has 0 aliphatic carbocycles. The van der Waals surface area contributed by atoms with E-state index in [4.69, 9.17) is 0 Å². The predicted octanol–water partition coefficient (Wildman–Crippen LogP) is 13.5. The fourth-order valence-electron chi connectivity index (χ4n) is 8.36. The van der Waals surface area contributed by atoms with Crippen LogP contribution >= 0.6 is 0 Å². The van der Waals surface area contributed by atoms with Gasteiger partial charge in [-0.05, 0) is 111 Å². The van der Waals surface area contributed by atoms with Gasteiger partial charge < -0.3 is 9.13 Å². The largest absolute Gasteiger partial charge is 0.309 e. The normalized spacial score (nSPS) is 12.0. The van der Waals surface area contributed by atoms with Crippen molar-refractivity contribution >= 4 is 77.3 Å². The fraction of sp³-hybridized carbons (Fsp3) is 0.0204. The highest BCUT2D eigenvalue weighted by Gasteiger charge is 2.19. The Kier molecular flexibility index (Phi) is 6.59. The highest BCUT2D eigenvalue weighted by atomic mass is 15.0. The van der Waals surface area contributed by atoms with Crippen LogP contribution in [-0.2, 0) is 0 Å². The van der Waals surface area contributed by atoms with Gasteiger partial charge in [-0.25, -0.2) is 0 Å². The molecule has 2 nitrogen and oxygen atoms in total. The van der Waals surface area contributed by atoms with Crippen molar-refractivity contribution in [3.63, 3.8) is 0 Å². The summed E-state index contributed by atoms with van der Waals surface area (Å²) in [5.74, 6) is 0. The number of para-hydroxylation sites is 3. The lowest BCUT2D eigenvalue weighted by Crippen LogP contribution is -1.94. The van der Waals surface area contributed by atoms with E-state index in [1.54, 1.807) is 0 Å². The maximum Gasteiger partial charge on any atom is 0.0548 e. The average Bonchev–Trinajstić information content (AvgIpc) is 3.69. The molecule has 0 unspecified atom stereocenters. The second kappa shape index (κ2) is 11.5. The van der Waals surface area contributed by atoms with Gasteiger partial charge in [0.1, 0.15) is 0 Å². The Labute approximate surface area is 296 Å². The summed E-state index contributed by atoms with van der Waals surface area (Å²) in [4.78, 5) is 0. The van der Waals surface area contributed by atoms with Crippen LogP contribution in [0.1, 0.15) is 18.1 Å². The average molecular weight is 651 g/mol. The minimum Gasteiger partial charge on any atom is -0.309 e. The van der Waals surface area contributed by atoms with E-state index in [-0.39, 0.29) is 0 Å². The summed E-state index contributed by atoms with van der Waals surface area (Å²) in [7, 11) is 0. The molecule has 0 spiro atoms. The first-order valence-corrected chi connectivity index (χ1v) is 17.6. The van der Waals surface area contributed by atoms with Gasteiger partial charge in [-0.15, -0.1) is 0 Å². The van der Waals surface area contributed by atoms with Crippen LogP contribution in [0.4, 0.5) is 0 Å². The lowest BCUT2D eigenvalue weighted by Gasteiger charge is -2.14. The smallest absolute Gasteiger partial charge is 0.0548 e. The van der Waals surface area contributed by atoms with Gasteiger partial charge in [0.15, 0.2) is 0 Å². The number of nitrogens with zero attached hydrogens (tertiary/aromatic N) is 2. The molecule has 2 heterocycles. The van der Waals surface area contributed by atoms with Crippen molar-refractivity contribution in [2.24, 2.45) is 0 Å². The Morgan fingerprint density at radius 3 is 1.53 bits per heavy atom. The third-order valence-corrected chi connectivity index (χ3v) is 10.6. The van der Waals surface area contributed by atoms with Crippen LogP contribution in [0.2, 0.25) is 0 Å². The maximum absolute atomic E-state index is 4.22. The number of allylic oxidation sites excluding steroid dienone is 1. The molecule has 0 N–H and O–H groups in total. The van der Waals surface area contributed by atoms with Gasteiger partial charge in [0.05, 0.1) is 22.1 Å². The van der Waals surface area contributed by atoms with E-state index in [0.717, 1.165) is 11.4 Å². The maximum atomic E-state index is 4.22. The van der Waals surface area contributed by atoms with Crippen molar-refractivity contribution in [1.29, 1.82) is 0 Å². The lowest BCUT2D eigenvalue weighted by atomic mass is 9.89. The molecule has 10 aromatic rings. The number of rotatable bonds is 5. The molecular formula is C49H34N2. The SMILES string of the molecule is C=Cc1c(/C=C\C)c2ccccc2c2cc(-c3ccc4c(c3)c3cc5c(cc3n4-c3ccccc3)c3ccccc3n5-c3ccccc3)ccc12. The Bertz CT molecular complexity index is 3030. The topological polar surface area (TPSA) is 9.86 Å². The van der Waals surface area contributed by atoms with Gasteiger partial charge in [-0.2, -0.15) is 0 Å². The Balaban J connectivity index is 1.28. The van der Waals surface area contributed by atoms with E-state index >= 15 is 0 Å². The summed E-state index contributed by atoms with van der Waals surface area (Å²) in [6, 6.07) is 57.7. The first-order chi connectivity index (χ1) is 25.2. The Morgan fingerprint density at radius 2 is 0.882 bits per heavy atom. The van der Waals surface area contributed by atoms with Crippen molar-refractivity contribution in [1.82, 2.24) is 9.13 Å². The molecule has 0 saturated heterocycles. The number of hydrogen-bond acceptors (Lipinski definition) is 0. The highest BCUT2D eigenvalue weighted by Crippen LogP contribution is 2.42. The summed E-state index contributed by atoms with van der Waals surface area (Å²) < 4.78 is 4.84. The molecule has 10 rings (SSSR count). The van der Waals surface area contributed by atoms with Gasteiger partial charge in [-0.3, -0.25) is 0 Å². The summed E-state index contributed by atoms with van der Waals surface area (Å²) >= 11 is 0. The molecule has 0 saturated carbocycles. The van der Waals surface area contributed by atoms with E-state index in [1.807, 2.05) is 6.08 Å². The third kappa shape index (κ3) is 4.36. The molecule has 8 aromatic carbocycles. The Morgan fingerprint density at radius 1 is 0.392 bits per heavy atom. The van der Waals surface area contributed by atoms with E-state index < -0.39 is 0 Å². The first kappa shape index (κ1) is 29.3. The van der Waals surface area contributed by atoms with Crippen LogP contribution in [0.15, 0.2) is 170 Å². The van der Waals surface area contributed by atoms with Crippen LogP contribution < -0.4 is 0 Å². The quantitative estimate of drug-likeness (QED) is 0.164. The predicted molar refractivity (Wildman–Crippen MR) is 220 cm³/mol. The van der Waals surface area contributed by atoms with E-state index in [9.17, 15) is 0 Å². The van der Waals surface area contributed by atoms with Crippen molar-refractivity contribution < 1.29 is 0 Å². The number of aromatic nitrogens is 2. The zero-order valence-corrected chi connectivity index (χ0v) is 28.3. The number of hydrogen-bond donors (Lipinski definition) is 0. The van der Waals surface area contributed by atoms with E-state index in [2.05, 4.69) is 193 Å². The standard InChI is InChI=1S/C49H34N2/c1-3-15-37-36(4-2)40-26-24-32(28-42(40)39-21-12-11-20-38(37)39)33-25-27-47-43(29-33)45-31-48-44(30-49(45)51(47)35-18-9-6-10-19-35)41-22-13-14-23-46(41)50(48)34-16-7-5-8-17-34/h3-31H,2H2,1H3/b15-3-. The summed E-state index contributed by atoms with van der Waals surface area (Å²) in [5, 5.41) is 9.94. The molecule has 0 amide bonds. The molecule has 0 bridgehead atoms. The van der Waals surface area contributed by atoms with Crippen LogP contribution in [0.5, 0.6) is 0 Å². The van der Waals surface area contributed by atoms with E-state index in [1.165, 1.54) is 87.4 Å². The van der Waals surface area contributed by atoms with Gasteiger partial charge >= 0.3 is 0 Å². The fourth-order valence-corrected chi connectivity index (χ4v) is 8.36. The molecule has 0 aliphatic heterocycles. The molecule has 2 heteroatoms. The zero-order chi connectivity index (χ0) is 34.1. The van der Waals surface area contributed by atoms with Crippen molar-refractivity contribution in [2.75, 3.05) is 0 Å². The highest BCUT2D eigenvalue weighted by molar-refractivity contribution is 6.20. The van der Waals surface area contributed by atoms with Gasteiger partial charge in [-0.1, -0.05) is 122 Å². The second-order valence-electron chi connectivity index (χ2n) is 13.3. The molecule has 2 aromatic heterocycles. The minimum atomic E-state index is 1.16. The molecule has 0 fully saturated rings. The third-order valence-electron chi connectivity index (χ3n) is 10.6. The van der Waals surface area contributed by atoms with Crippen LogP contribution in [-0.4, -0.2) is 9.13 Å². The first-order valence-electron chi connectivity index (χ1n) is 17.6. The molecule has 240 valence electrons. The molecule has 51 heavy (non-hydrogen) atoms. The van der Waals surface area contributed by atoms with E-state index in [0.29, 0.717) is 0 Å². The van der Waals surface area contributed by atoms with Gasteiger partial charge in [0.2, 0.25) is 0 Å². The van der Waals surface area contributed by atoms with Gasteiger partial charge in [0.25, 0.3) is 0 Å². The summed E-state index contributed by atoms with van der Waals surface area (Å²) in [5.41, 5.74) is 11.9. The Hall–Kier alpha value is -6.64. The van der Waals surface area contributed by atoms with Crippen molar-refractivity contribution in [3.05, 3.63) is 182 Å². The summed E-state index contributed by atoms with van der Waals surface area (Å²) in [6.45, 7) is 6.30. The lowest BCUT2D eigenvalue weighted by molar-refractivity contribution is 1.17.